The second-order valence-corrected chi connectivity index (χ2v) is 8.59. The van der Waals surface area contributed by atoms with Crippen molar-refractivity contribution in [2.75, 3.05) is 11.9 Å². The minimum Gasteiger partial charge on any atom is -0.339 e. The van der Waals surface area contributed by atoms with E-state index in [-0.39, 0.29) is 46.6 Å². The lowest BCUT2D eigenvalue weighted by Gasteiger charge is -2.15. The molecule has 4 aromatic rings. The van der Waals surface area contributed by atoms with Crippen LogP contribution in [0.4, 0.5) is 18.9 Å². The zero-order valence-electron chi connectivity index (χ0n) is 20.3. The Bertz CT molecular complexity index is 1610. The number of nitrogens with one attached hydrogen (secondary N) is 2. The highest BCUT2D eigenvalue weighted by Crippen LogP contribution is 2.27. The van der Waals surface area contributed by atoms with Gasteiger partial charge in [0.15, 0.2) is 5.82 Å². The van der Waals surface area contributed by atoms with Gasteiger partial charge in [-0.3, -0.25) is 9.59 Å². The number of rotatable bonds is 7. The number of anilines is 1. The number of nitrogens with zero attached hydrogens (tertiary/aromatic N) is 8. The third-order valence-electron chi connectivity index (χ3n) is 5.23. The van der Waals surface area contributed by atoms with E-state index in [1.807, 2.05) is 6.07 Å². The second-order valence-electron chi connectivity index (χ2n) is 8.18. The predicted molar refractivity (Wildman–Crippen MR) is 130 cm³/mol. The summed E-state index contributed by atoms with van der Waals surface area (Å²) in [6.07, 6.45) is -3.37. The van der Waals surface area contributed by atoms with Crippen LogP contribution in [-0.4, -0.2) is 53.3 Å². The number of tetrazole rings is 1. The number of hydrogen-bond donors (Lipinski definition) is 2. The Balaban J connectivity index is 1.73. The van der Waals surface area contributed by atoms with Crippen molar-refractivity contribution in [1.29, 1.82) is 5.26 Å². The van der Waals surface area contributed by atoms with Crippen molar-refractivity contribution in [2.45, 2.75) is 26.6 Å². The lowest BCUT2D eigenvalue weighted by Crippen LogP contribution is -2.26. The van der Waals surface area contributed by atoms with Gasteiger partial charge in [-0.05, 0) is 54.5 Å². The number of carbonyl (C=O) groups is 2. The number of aromatic nitrogens is 7. The van der Waals surface area contributed by atoms with Gasteiger partial charge in [-0.2, -0.15) is 28.3 Å². The van der Waals surface area contributed by atoms with Crippen LogP contribution in [0, 0.1) is 25.2 Å². The second kappa shape index (κ2) is 10.9. The van der Waals surface area contributed by atoms with Crippen molar-refractivity contribution in [3.8, 4) is 11.9 Å². The Hall–Kier alpha value is -4.84. The van der Waals surface area contributed by atoms with Gasteiger partial charge in [-0.15, -0.1) is 10.2 Å². The summed E-state index contributed by atoms with van der Waals surface area (Å²) in [7, 11) is 0. The van der Waals surface area contributed by atoms with Crippen LogP contribution in [0.1, 0.15) is 43.5 Å². The SMILES string of the molecule is Cc1cc(C)c(NC(=O)c2cc(Cn3nnc(C(F)(F)F)n3)nn2-c2ncccc2Cl)c(C(=O)NCC#N)c1. The Morgan fingerprint density at radius 3 is 2.59 bits per heavy atom. The van der Waals surface area contributed by atoms with Crippen molar-refractivity contribution in [3.63, 3.8) is 0 Å². The maximum Gasteiger partial charge on any atom is 0.455 e. The smallest absolute Gasteiger partial charge is 0.339 e. The summed E-state index contributed by atoms with van der Waals surface area (Å²) in [5, 5.41) is 28.1. The fraction of sp³-hybridized carbons (Fsp3) is 0.217. The van der Waals surface area contributed by atoms with E-state index in [9.17, 15) is 22.8 Å². The molecule has 0 aliphatic carbocycles. The molecule has 16 heteroatoms. The Morgan fingerprint density at radius 1 is 1.15 bits per heavy atom. The van der Waals surface area contributed by atoms with E-state index in [1.165, 1.54) is 18.3 Å². The average Bonchev–Trinajstić information content (AvgIpc) is 3.52. The van der Waals surface area contributed by atoms with Crippen LogP contribution in [0.15, 0.2) is 36.5 Å². The van der Waals surface area contributed by atoms with Gasteiger partial charge in [0.05, 0.1) is 28.0 Å². The number of amides is 2. The molecule has 39 heavy (non-hydrogen) atoms. The number of aryl methyl sites for hydroxylation is 2. The van der Waals surface area contributed by atoms with E-state index in [0.29, 0.717) is 10.4 Å². The molecule has 12 nitrogen and oxygen atoms in total. The van der Waals surface area contributed by atoms with Crippen molar-refractivity contribution in [1.82, 2.24) is 40.3 Å². The van der Waals surface area contributed by atoms with Crippen molar-refractivity contribution >= 4 is 29.1 Å². The number of alkyl halides is 3. The topological polar surface area (TPSA) is 156 Å². The van der Waals surface area contributed by atoms with E-state index in [1.54, 1.807) is 32.0 Å². The number of nitriles is 1. The molecular formula is C23H18ClF3N10O2. The lowest BCUT2D eigenvalue weighted by molar-refractivity contribution is -0.145. The van der Waals surface area contributed by atoms with Gasteiger partial charge in [0.1, 0.15) is 18.8 Å². The van der Waals surface area contributed by atoms with Crippen molar-refractivity contribution < 1.29 is 22.8 Å². The molecule has 0 bridgehead atoms. The van der Waals surface area contributed by atoms with Gasteiger partial charge in [0, 0.05) is 6.20 Å². The van der Waals surface area contributed by atoms with Crippen molar-refractivity contribution in [3.05, 3.63) is 75.5 Å². The highest BCUT2D eigenvalue weighted by atomic mass is 35.5. The molecule has 0 saturated carbocycles. The summed E-state index contributed by atoms with van der Waals surface area (Å²) in [5.41, 5.74) is 1.64. The van der Waals surface area contributed by atoms with Gasteiger partial charge in [-0.1, -0.05) is 17.7 Å². The monoisotopic (exact) mass is 558 g/mol. The first kappa shape index (κ1) is 27.2. The maximum atomic E-state index is 13.5. The summed E-state index contributed by atoms with van der Waals surface area (Å²) in [4.78, 5) is 31.1. The molecule has 0 unspecified atom stereocenters. The van der Waals surface area contributed by atoms with Crippen LogP contribution in [0.2, 0.25) is 5.02 Å². The number of pyridine rings is 1. The molecule has 0 radical (unpaired) electrons. The Morgan fingerprint density at radius 2 is 1.92 bits per heavy atom. The van der Waals surface area contributed by atoms with Crippen LogP contribution in [0.5, 0.6) is 0 Å². The van der Waals surface area contributed by atoms with Gasteiger partial charge in [0.2, 0.25) is 0 Å². The molecule has 0 aliphatic rings. The summed E-state index contributed by atoms with van der Waals surface area (Å²) < 4.78 is 39.8. The molecule has 0 aliphatic heterocycles. The third-order valence-corrected chi connectivity index (χ3v) is 5.53. The van der Waals surface area contributed by atoms with Crippen LogP contribution in [0.25, 0.3) is 5.82 Å². The molecule has 2 amide bonds. The predicted octanol–water partition coefficient (Wildman–Crippen LogP) is 3.10. The van der Waals surface area contributed by atoms with Crippen LogP contribution in [0.3, 0.4) is 0 Å². The van der Waals surface area contributed by atoms with Crippen LogP contribution in [-0.2, 0) is 12.7 Å². The van der Waals surface area contributed by atoms with Crippen LogP contribution < -0.4 is 10.6 Å². The van der Waals surface area contributed by atoms with E-state index in [2.05, 4.69) is 36.1 Å². The minimum absolute atomic E-state index is 0.0747. The van der Waals surface area contributed by atoms with Gasteiger partial charge in [0.25, 0.3) is 17.6 Å². The Kier molecular flexibility index (Phi) is 7.58. The summed E-state index contributed by atoms with van der Waals surface area (Å²) in [6, 6.07) is 9.51. The highest BCUT2D eigenvalue weighted by Gasteiger charge is 2.37. The zero-order chi connectivity index (χ0) is 28.3. The number of halogens is 4. The minimum atomic E-state index is -4.78. The van der Waals surface area contributed by atoms with E-state index in [4.69, 9.17) is 16.9 Å². The van der Waals surface area contributed by atoms with E-state index in [0.717, 1.165) is 10.2 Å². The fourth-order valence-corrected chi connectivity index (χ4v) is 3.84. The standard InChI is InChI=1S/C23H18ClF3N10O2/c1-12-8-13(2)18(15(9-12)20(38)30-7-5-28)31-21(39)17-10-14(11-36-34-22(32-35-36)23(25,26)27)33-37(17)19-16(24)4-3-6-29-19/h3-4,6,8-10H,7,11H2,1-2H3,(H,30,38)(H,31,39). The first-order valence-electron chi connectivity index (χ1n) is 11.1. The Labute approximate surface area is 223 Å². The molecule has 1 aromatic carbocycles. The number of hydrogen-bond acceptors (Lipinski definition) is 8. The van der Waals surface area contributed by atoms with E-state index >= 15 is 0 Å². The summed E-state index contributed by atoms with van der Waals surface area (Å²) >= 11 is 6.28. The average molecular weight is 559 g/mol. The first-order chi connectivity index (χ1) is 18.5. The first-order valence-corrected chi connectivity index (χ1v) is 11.5. The number of carbonyl (C=O) groups excluding carboxylic acids is 2. The normalized spacial score (nSPS) is 11.2. The molecule has 0 atom stereocenters. The molecule has 0 saturated heterocycles. The lowest BCUT2D eigenvalue weighted by atomic mass is 10.0. The summed E-state index contributed by atoms with van der Waals surface area (Å²) in [5.74, 6) is -2.65. The molecule has 2 N–H and O–H groups in total. The highest BCUT2D eigenvalue weighted by molar-refractivity contribution is 6.32. The van der Waals surface area contributed by atoms with Gasteiger partial charge < -0.3 is 10.6 Å². The van der Waals surface area contributed by atoms with Gasteiger partial charge in [-0.25, -0.2) is 9.67 Å². The molecule has 0 fully saturated rings. The van der Waals surface area contributed by atoms with Crippen LogP contribution >= 0.6 is 11.6 Å². The zero-order valence-corrected chi connectivity index (χ0v) is 21.0. The summed E-state index contributed by atoms with van der Waals surface area (Å²) in [6.45, 7) is 2.87. The van der Waals surface area contributed by atoms with Gasteiger partial charge >= 0.3 is 6.18 Å². The largest absolute Gasteiger partial charge is 0.455 e. The third kappa shape index (κ3) is 6.02. The molecule has 3 aromatic heterocycles. The van der Waals surface area contributed by atoms with E-state index < -0.39 is 23.8 Å². The fourth-order valence-electron chi connectivity index (χ4n) is 3.64. The molecular weight excluding hydrogens is 541 g/mol. The number of benzene rings is 1. The quantitative estimate of drug-likeness (QED) is 0.328. The van der Waals surface area contributed by atoms with Crippen molar-refractivity contribution in [2.24, 2.45) is 0 Å². The molecule has 200 valence electrons. The molecule has 4 rings (SSSR count). The maximum absolute atomic E-state index is 13.5. The molecule has 0 spiro atoms. The molecule has 3 heterocycles.